The summed E-state index contributed by atoms with van der Waals surface area (Å²) in [5.41, 5.74) is 2.65. The molecule has 3 atom stereocenters. The number of piperidine rings is 1. The van der Waals surface area contributed by atoms with Crippen molar-refractivity contribution in [3.05, 3.63) is 77.7 Å². The number of carbonyl (C=O) groups excluding carboxylic acids is 1. The monoisotopic (exact) mass is 389 g/mol. The van der Waals surface area contributed by atoms with Gasteiger partial charge < -0.3 is 9.80 Å². The van der Waals surface area contributed by atoms with Gasteiger partial charge in [0.1, 0.15) is 5.82 Å². The molecule has 29 heavy (non-hydrogen) atoms. The number of fused-ring (bicyclic) bond motifs is 2. The lowest BCUT2D eigenvalue weighted by molar-refractivity contribution is 0.0631. The summed E-state index contributed by atoms with van der Waals surface area (Å²) in [4.78, 5) is 22.5. The summed E-state index contributed by atoms with van der Waals surface area (Å²) in [6.07, 6.45) is 3.83. The number of likely N-dealkylation sites (tertiary alicyclic amines) is 2. The Hall–Kier alpha value is -2.79. The van der Waals surface area contributed by atoms with Crippen LogP contribution in [0.25, 0.3) is 10.9 Å². The zero-order valence-corrected chi connectivity index (χ0v) is 16.5. The van der Waals surface area contributed by atoms with Crippen molar-refractivity contribution in [2.24, 2.45) is 0 Å². The second-order valence-electron chi connectivity index (χ2n) is 8.17. The van der Waals surface area contributed by atoms with Gasteiger partial charge in [0.05, 0.1) is 5.52 Å². The van der Waals surface area contributed by atoms with Crippen LogP contribution in [0.1, 0.15) is 34.7 Å². The molecule has 0 aliphatic carbocycles. The zero-order chi connectivity index (χ0) is 20.0. The average molecular weight is 389 g/mol. The number of amides is 1. The fraction of sp³-hybridized carbons (Fsp3) is 0.333. The molecular weight excluding hydrogens is 365 g/mol. The van der Waals surface area contributed by atoms with Gasteiger partial charge >= 0.3 is 0 Å². The van der Waals surface area contributed by atoms with E-state index in [1.165, 1.54) is 12.1 Å². The van der Waals surface area contributed by atoms with Gasteiger partial charge in [-0.2, -0.15) is 0 Å². The molecular formula is C24H24FN3O. The van der Waals surface area contributed by atoms with Gasteiger partial charge in [0, 0.05) is 41.7 Å². The van der Waals surface area contributed by atoms with Crippen LogP contribution in [0.15, 0.2) is 60.8 Å². The lowest BCUT2D eigenvalue weighted by Crippen LogP contribution is -2.50. The molecule has 1 aromatic heterocycles. The van der Waals surface area contributed by atoms with Crippen LogP contribution in [0.5, 0.6) is 0 Å². The normalized spacial score (nSPS) is 24.6. The first-order valence-electron chi connectivity index (χ1n) is 10.2. The van der Waals surface area contributed by atoms with Gasteiger partial charge in [0.15, 0.2) is 0 Å². The largest absolute Gasteiger partial charge is 0.333 e. The summed E-state index contributed by atoms with van der Waals surface area (Å²) in [7, 11) is 2.14. The molecule has 2 aliphatic rings. The van der Waals surface area contributed by atoms with Gasteiger partial charge in [0.2, 0.25) is 0 Å². The maximum absolute atomic E-state index is 13.7. The van der Waals surface area contributed by atoms with Gasteiger partial charge in [-0.05, 0) is 62.3 Å². The minimum absolute atomic E-state index is 0.0681. The van der Waals surface area contributed by atoms with Crippen molar-refractivity contribution in [1.82, 2.24) is 14.8 Å². The molecule has 2 aromatic carbocycles. The second-order valence-corrected chi connectivity index (χ2v) is 8.17. The molecule has 1 amide bonds. The quantitative estimate of drug-likeness (QED) is 0.663. The molecule has 5 rings (SSSR count). The first-order valence-corrected chi connectivity index (χ1v) is 10.2. The molecule has 2 aliphatic heterocycles. The molecule has 4 nitrogen and oxygen atoms in total. The molecule has 0 unspecified atom stereocenters. The highest BCUT2D eigenvalue weighted by Crippen LogP contribution is 2.40. The van der Waals surface area contributed by atoms with Crippen LogP contribution in [0.3, 0.4) is 0 Å². The van der Waals surface area contributed by atoms with Gasteiger partial charge in [-0.1, -0.05) is 24.3 Å². The number of hydrogen-bond acceptors (Lipinski definition) is 3. The van der Waals surface area contributed by atoms with Gasteiger partial charge in [0.25, 0.3) is 5.91 Å². The van der Waals surface area contributed by atoms with Crippen molar-refractivity contribution in [2.75, 3.05) is 20.1 Å². The van der Waals surface area contributed by atoms with Crippen molar-refractivity contribution in [2.45, 2.75) is 30.8 Å². The third kappa shape index (κ3) is 3.10. The highest BCUT2D eigenvalue weighted by atomic mass is 19.1. The van der Waals surface area contributed by atoms with Gasteiger partial charge in [-0.15, -0.1) is 0 Å². The van der Waals surface area contributed by atoms with E-state index in [4.69, 9.17) is 0 Å². The minimum atomic E-state index is -0.225. The topological polar surface area (TPSA) is 36.4 Å². The van der Waals surface area contributed by atoms with E-state index in [2.05, 4.69) is 21.8 Å². The van der Waals surface area contributed by atoms with Crippen molar-refractivity contribution >= 4 is 16.8 Å². The molecule has 3 heterocycles. The molecule has 0 radical (unpaired) electrons. The van der Waals surface area contributed by atoms with E-state index in [-0.39, 0.29) is 29.7 Å². The van der Waals surface area contributed by atoms with E-state index in [0.717, 1.165) is 35.9 Å². The van der Waals surface area contributed by atoms with Crippen molar-refractivity contribution in [3.8, 4) is 0 Å². The van der Waals surface area contributed by atoms with Crippen LogP contribution in [-0.4, -0.2) is 52.9 Å². The van der Waals surface area contributed by atoms with Crippen LogP contribution >= 0.6 is 0 Å². The molecule has 0 bridgehead atoms. The van der Waals surface area contributed by atoms with Gasteiger partial charge in [-0.25, -0.2) is 4.39 Å². The standard InChI is InChI=1S/C24H24FN3O/c1-27-14-4-8-22-23(27)20(16-9-11-17(25)12-10-16)15-28(22)24(29)19-5-2-7-21-18(19)6-3-13-26-21/h2-3,5-7,9-13,20,22-23H,4,8,14-15H2,1H3/t20-,22-,23-/m1/s1. The Morgan fingerprint density at radius 2 is 1.93 bits per heavy atom. The summed E-state index contributed by atoms with van der Waals surface area (Å²) in [5, 5.41) is 0.894. The number of halogens is 1. The Morgan fingerprint density at radius 1 is 1.10 bits per heavy atom. The van der Waals surface area contributed by atoms with Crippen LogP contribution in [0.2, 0.25) is 0 Å². The Balaban J connectivity index is 1.54. The predicted octanol–water partition coefficient (Wildman–Crippen LogP) is 4.08. The Kier molecular flexibility index (Phi) is 4.55. The molecule has 0 spiro atoms. The Bertz CT molecular complexity index is 1050. The van der Waals surface area contributed by atoms with E-state index < -0.39 is 0 Å². The van der Waals surface area contributed by atoms with Crippen LogP contribution < -0.4 is 0 Å². The van der Waals surface area contributed by atoms with Crippen LogP contribution in [0, 0.1) is 5.82 Å². The Morgan fingerprint density at radius 3 is 2.76 bits per heavy atom. The molecule has 2 fully saturated rings. The SMILES string of the molecule is CN1CCC[C@@H]2[C@H]1[C@@H](c1ccc(F)cc1)CN2C(=O)c1cccc2ncccc12. The maximum atomic E-state index is 13.7. The zero-order valence-electron chi connectivity index (χ0n) is 16.5. The highest BCUT2D eigenvalue weighted by Gasteiger charge is 2.47. The van der Waals surface area contributed by atoms with Gasteiger partial charge in [-0.3, -0.25) is 9.78 Å². The van der Waals surface area contributed by atoms with Crippen molar-refractivity contribution < 1.29 is 9.18 Å². The average Bonchev–Trinajstić information content (AvgIpc) is 3.14. The summed E-state index contributed by atoms with van der Waals surface area (Å²) < 4.78 is 13.5. The fourth-order valence-corrected chi connectivity index (χ4v) is 5.22. The summed E-state index contributed by atoms with van der Waals surface area (Å²) in [5.74, 6) is 0.0259. The molecule has 5 heteroatoms. The highest BCUT2D eigenvalue weighted by molar-refractivity contribution is 6.06. The third-order valence-electron chi connectivity index (χ3n) is 6.55. The van der Waals surface area contributed by atoms with E-state index in [0.29, 0.717) is 12.1 Å². The Labute approximate surface area is 170 Å². The summed E-state index contributed by atoms with van der Waals surface area (Å²) >= 11 is 0. The van der Waals surface area contributed by atoms with E-state index in [1.807, 2.05) is 42.5 Å². The molecule has 3 aromatic rings. The smallest absolute Gasteiger partial charge is 0.254 e. The summed E-state index contributed by atoms with van der Waals surface area (Å²) in [6.45, 7) is 1.68. The number of carbonyl (C=O) groups is 1. The third-order valence-corrected chi connectivity index (χ3v) is 6.55. The number of aromatic nitrogens is 1. The van der Waals surface area contributed by atoms with Crippen molar-refractivity contribution in [1.29, 1.82) is 0 Å². The van der Waals surface area contributed by atoms with E-state index in [9.17, 15) is 9.18 Å². The van der Waals surface area contributed by atoms with E-state index >= 15 is 0 Å². The predicted molar refractivity (Wildman–Crippen MR) is 111 cm³/mol. The lowest BCUT2D eigenvalue weighted by atomic mass is 9.86. The van der Waals surface area contributed by atoms with Crippen LogP contribution in [-0.2, 0) is 0 Å². The lowest BCUT2D eigenvalue weighted by Gasteiger charge is -2.39. The molecule has 2 saturated heterocycles. The minimum Gasteiger partial charge on any atom is -0.333 e. The molecule has 0 N–H and O–H groups in total. The number of rotatable bonds is 2. The molecule has 0 saturated carbocycles. The van der Waals surface area contributed by atoms with Crippen LogP contribution in [0.4, 0.5) is 4.39 Å². The fourth-order valence-electron chi connectivity index (χ4n) is 5.22. The summed E-state index contributed by atoms with van der Waals surface area (Å²) in [6, 6.07) is 16.8. The number of likely N-dealkylation sites (N-methyl/N-ethyl adjacent to an activating group) is 1. The second kappa shape index (κ2) is 7.23. The maximum Gasteiger partial charge on any atom is 0.254 e. The number of pyridine rings is 1. The first kappa shape index (κ1) is 18.3. The number of nitrogens with zero attached hydrogens (tertiary/aromatic N) is 3. The van der Waals surface area contributed by atoms with Crippen molar-refractivity contribution in [3.63, 3.8) is 0 Å². The first-order chi connectivity index (χ1) is 14.1. The number of hydrogen-bond donors (Lipinski definition) is 0. The molecule has 148 valence electrons. The van der Waals surface area contributed by atoms with E-state index in [1.54, 1.807) is 6.20 Å². The number of benzene rings is 2.